The number of hydrogen-bond acceptors (Lipinski definition) is 3. The van der Waals surface area contributed by atoms with Crippen molar-refractivity contribution >= 4 is 11.9 Å². The van der Waals surface area contributed by atoms with Crippen molar-refractivity contribution in [3.63, 3.8) is 0 Å². The number of amides is 1. The molecule has 1 aromatic carbocycles. The Labute approximate surface area is 147 Å². The maximum Gasteiger partial charge on any atom is 0.326 e. The third-order valence-electron chi connectivity index (χ3n) is 7.03. The van der Waals surface area contributed by atoms with Crippen LogP contribution < -0.4 is 4.74 Å². The summed E-state index contributed by atoms with van der Waals surface area (Å²) in [5.74, 6) is 0.554. The average molecular weight is 341 g/mol. The lowest BCUT2D eigenvalue weighted by Crippen LogP contribution is -2.45. The van der Waals surface area contributed by atoms with Gasteiger partial charge >= 0.3 is 5.97 Å². The van der Waals surface area contributed by atoms with E-state index in [1.165, 1.54) is 0 Å². The Bertz CT molecular complexity index is 747. The van der Waals surface area contributed by atoms with Gasteiger partial charge in [0.2, 0.25) is 5.91 Å². The van der Waals surface area contributed by atoms with Crippen LogP contribution in [0.25, 0.3) is 0 Å². The molecule has 1 N–H and O–H groups in total. The number of carboxylic acids is 1. The third kappa shape index (κ3) is 2.07. The van der Waals surface area contributed by atoms with Crippen molar-refractivity contribution in [2.45, 2.75) is 43.6 Å². The zero-order chi connectivity index (χ0) is 17.2. The molecule has 4 aliphatic rings. The van der Waals surface area contributed by atoms with Gasteiger partial charge in [-0.05, 0) is 43.6 Å². The SMILES string of the molecule is O=C(O)C1C2CCCC2CN1C(=O)[C@@H]1C[C@]12CCOc1ccccc12. The maximum absolute atomic E-state index is 13.3. The number of carboxylic acid groups (broad SMARTS) is 1. The summed E-state index contributed by atoms with van der Waals surface area (Å²) in [6.07, 6.45) is 4.77. The van der Waals surface area contributed by atoms with Gasteiger partial charge < -0.3 is 14.7 Å². The fourth-order valence-electron chi connectivity index (χ4n) is 5.73. The summed E-state index contributed by atoms with van der Waals surface area (Å²) >= 11 is 0. The molecule has 5 atom stereocenters. The lowest BCUT2D eigenvalue weighted by molar-refractivity contribution is -0.150. The highest BCUT2D eigenvalue weighted by atomic mass is 16.5. The Balaban J connectivity index is 1.43. The number of ether oxygens (including phenoxy) is 1. The van der Waals surface area contributed by atoms with E-state index in [0.29, 0.717) is 19.1 Å². The summed E-state index contributed by atoms with van der Waals surface area (Å²) < 4.78 is 5.75. The highest BCUT2D eigenvalue weighted by molar-refractivity contribution is 5.89. The molecule has 3 unspecified atom stereocenters. The molecule has 2 aliphatic carbocycles. The van der Waals surface area contributed by atoms with E-state index in [4.69, 9.17) is 4.74 Å². The molecule has 0 aromatic heterocycles. The van der Waals surface area contributed by atoms with Gasteiger partial charge in [-0.2, -0.15) is 0 Å². The lowest BCUT2D eigenvalue weighted by Gasteiger charge is -2.29. The first-order valence-corrected chi connectivity index (χ1v) is 9.37. The number of para-hydroxylation sites is 1. The van der Waals surface area contributed by atoms with E-state index >= 15 is 0 Å². The topological polar surface area (TPSA) is 66.8 Å². The highest BCUT2D eigenvalue weighted by Gasteiger charge is 2.63. The molecule has 1 amide bonds. The quantitative estimate of drug-likeness (QED) is 0.897. The number of likely N-dealkylation sites (tertiary alicyclic amines) is 1. The molecular weight excluding hydrogens is 318 g/mol. The number of carbonyl (C=O) groups excluding carboxylic acids is 1. The number of nitrogens with zero attached hydrogens (tertiary/aromatic N) is 1. The first-order valence-electron chi connectivity index (χ1n) is 9.37. The van der Waals surface area contributed by atoms with E-state index in [2.05, 4.69) is 6.07 Å². The summed E-state index contributed by atoms with van der Waals surface area (Å²) in [6.45, 7) is 1.26. The van der Waals surface area contributed by atoms with E-state index in [1.54, 1.807) is 4.90 Å². The van der Waals surface area contributed by atoms with Crippen LogP contribution in [0, 0.1) is 17.8 Å². The molecule has 0 radical (unpaired) electrons. The summed E-state index contributed by atoms with van der Waals surface area (Å²) in [5.41, 5.74) is 0.998. The first-order chi connectivity index (χ1) is 12.1. The van der Waals surface area contributed by atoms with Crippen LogP contribution in [0.4, 0.5) is 0 Å². The van der Waals surface area contributed by atoms with Crippen LogP contribution in [-0.2, 0) is 15.0 Å². The molecule has 1 spiro atoms. The van der Waals surface area contributed by atoms with Crippen molar-refractivity contribution in [3.05, 3.63) is 29.8 Å². The van der Waals surface area contributed by atoms with E-state index in [-0.39, 0.29) is 23.2 Å². The van der Waals surface area contributed by atoms with E-state index in [0.717, 1.165) is 43.4 Å². The number of benzene rings is 1. The molecule has 0 bridgehead atoms. The minimum Gasteiger partial charge on any atom is -0.493 e. The van der Waals surface area contributed by atoms with Crippen molar-refractivity contribution in [3.8, 4) is 5.75 Å². The number of rotatable bonds is 2. The van der Waals surface area contributed by atoms with Gasteiger partial charge in [-0.3, -0.25) is 4.79 Å². The standard InChI is InChI=1S/C20H23NO4/c22-18(21-11-12-4-3-5-13(12)17(21)19(23)24)15-10-20(15)8-9-25-16-7-2-1-6-14(16)20/h1-2,6-7,12-13,15,17H,3-5,8-11H2,(H,23,24)/t12?,13?,15-,17?,20-/m0/s1. The number of carbonyl (C=O) groups is 2. The van der Waals surface area contributed by atoms with Gasteiger partial charge in [0, 0.05) is 23.4 Å². The van der Waals surface area contributed by atoms with Gasteiger partial charge in [0.15, 0.2) is 0 Å². The molecule has 25 heavy (non-hydrogen) atoms. The van der Waals surface area contributed by atoms with Crippen molar-refractivity contribution < 1.29 is 19.4 Å². The first kappa shape index (κ1) is 15.2. The minimum atomic E-state index is -0.829. The van der Waals surface area contributed by atoms with E-state index in [9.17, 15) is 14.7 Å². The second-order valence-electron chi connectivity index (χ2n) is 8.14. The zero-order valence-electron chi connectivity index (χ0n) is 14.2. The van der Waals surface area contributed by atoms with Gasteiger partial charge in [0.25, 0.3) is 0 Å². The summed E-state index contributed by atoms with van der Waals surface area (Å²) in [5, 5.41) is 9.73. The van der Waals surface area contributed by atoms with E-state index < -0.39 is 12.0 Å². The fourth-order valence-corrected chi connectivity index (χ4v) is 5.73. The molecule has 2 heterocycles. The van der Waals surface area contributed by atoms with Gasteiger partial charge in [0.05, 0.1) is 6.61 Å². The number of fused-ring (bicyclic) bond motifs is 3. The minimum absolute atomic E-state index is 0.0542. The zero-order valence-corrected chi connectivity index (χ0v) is 14.2. The fraction of sp³-hybridized carbons (Fsp3) is 0.600. The second kappa shape index (κ2) is 5.23. The van der Waals surface area contributed by atoms with Crippen LogP contribution in [-0.4, -0.2) is 41.1 Å². The molecule has 5 rings (SSSR count). The molecular formula is C20H23NO4. The largest absolute Gasteiger partial charge is 0.493 e. The predicted molar refractivity (Wildman–Crippen MR) is 90.3 cm³/mol. The summed E-state index contributed by atoms with van der Waals surface area (Å²) in [4.78, 5) is 26.8. The van der Waals surface area contributed by atoms with Crippen molar-refractivity contribution in [2.75, 3.05) is 13.2 Å². The molecule has 132 valence electrons. The van der Waals surface area contributed by atoms with Crippen molar-refractivity contribution in [1.29, 1.82) is 0 Å². The molecule has 2 aliphatic heterocycles. The normalized spacial score (nSPS) is 38.2. The predicted octanol–water partition coefficient (Wildman–Crippen LogP) is 2.44. The Morgan fingerprint density at radius 1 is 1.24 bits per heavy atom. The molecule has 1 aromatic rings. The Morgan fingerprint density at radius 2 is 2.08 bits per heavy atom. The average Bonchev–Trinajstić information content (AvgIpc) is 2.96. The van der Waals surface area contributed by atoms with Gasteiger partial charge in [-0.25, -0.2) is 4.79 Å². The number of hydrogen-bond donors (Lipinski definition) is 1. The maximum atomic E-state index is 13.3. The van der Waals surface area contributed by atoms with Gasteiger partial charge in [0.1, 0.15) is 11.8 Å². The third-order valence-corrected chi connectivity index (χ3v) is 7.03. The van der Waals surface area contributed by atoms with Crippen LogP contribution in [0.1, 0.15) is 37.7 Å². The Morgan fingerprint density at radius 3 is 2.92 bits per heavy atom. The smallest absolute Gasteiger partial charge is 0.326 e. The highest BCUT2D eigenvalue weighted by Crippen LogP contribution is 2.61. The van der Waals surface area contributed by atoms with Crippen molar-refractivity contribution in [2.24, 2.45) is 17.8 Å². The van der Waals surface area contributed by atoms with Crippen LogP contribution in [0.15, 0.2) is 24.3 Å². The Kier molecular flexibility index (Phi) is 3.19. The van der Waals surface area contributed by atoms with E-state index in [1.807, 2.05) is 18.2 Å². The summed E-state index contributed by atoms with van der Waals surface area (Å²) in [6, 6.07) is 7.37. The molecule has 5 heteroatoms. The van der Waals surface area contributed by atoms with Gasteiger partial charge in [-0.15, -0.1) is 0 Å². The molecule has 5 nitrogen and oxygen atoms in total. The second-order valence-corrected chi connectivity index (χ2v) is 8.14. The number of aliphatic carboxylic acids is 1. The van der Waals surface area contributed by atoms with Crippen LogP contribution in [0.2, 0.25) is 0 Å². The Hall–Kier alpha value is -2.04. The van der Waals surface area contributed by atoms with Crippen molar-refractivity contribution in [1.82, 2.24) is 4.90 Å². The van der Waals surface area contributed by atoms with Crippen LogP contribution in [0.5, 0.6) is 5.75 Å². The van der Waals surface area contributed by atoms with Gasteiger partial charge in [-0.1, -0.05) is 24.6 Å². The molecule has 1 saturated heterocycles. The summed E-state index contributed by atoms with van der Waals surface area (Å²) in [7, 11) is 0. The molecule has 2 saturated carbocycles. The van der Waals surface area contributed by atoms with Crippen LogP contribution >= 0.6 is 0 Å². The monoisotopic (exact) mass is 341 g/mol. The van der Waals surface area contributed by atoms with Crippen LogP contribution in [0.3, 0.4) is 0 Å². The lowest BCUT2D eigenvalue weighted by atomic mass is 9.87. The molecule has 3 fully saturated rings.